The van der Waals surface area contributed by atoms with Crippen LogP contribution in [0.25, 0.3) is 6.08 Å². The van der Waals surface area contributed by atoms with Gasteiger partial charge < -0.3 is 14.8 Å². The second-order valence-corrected chi connectivity index (χ2v) is 10.2. The molecule has 0 aliphatic carbocycles. The molecule has 3 amide bonds. The smallest absolute Gasteiger partial charge is 0.329 e. The fourth-order valence-electron chi connectivity index (χ4n) is 3.57. The Morgan fingerprint density at radius 3 is 2.47 bits per heavy atom. The Kier molecular flexibility index (Phi) is 7.77. The molecule has 0 radical (unpaired) electrons. The number of carbonyl (C=O) groups is 2. The van der Waals surface area contributed by atoms with E-state index in [-0.39, 0.29) is 18.1 Å². The Bertz CT molecular complexity index is 1270. The number of imide groups is 1. The van der Waals surface area contributed by atoms with Crippen LogP contribution in [-0.2, 0) is 17.9 Å². The fourth-order valence-corrected chi connectivity index (χ4v) is 4.71. The zero-order chi connectivity index (χ0) is 24.2. The first kappa shape index (κ1) is 24.5. The van der Waals surface area contributed by atoms with Crippen LogP contribution in [0.15, 0.2) is 66.4 Å². The molecule has 34 heavy (non-hydrogen) atoms. The maximum absolute atomic E-state index is 12.9. The highest BCUT2D eigenvalue weighted by Crippen LogP contribution is 2.35. The second kappa shape index (κ2) is 10.8. The van der Waals surface area contributed by atoms with Gasteiger partial charge in [0.15, 0.2) is 11.5 Å². The van der Waals surface area contributed by atoms with Gasteiger partial charge in [-0.25, -0.2) is 4.79 Å². The number of benzene rings is 3. The van der Waals surface area contributed by atoms with E-state index in [1.165, 1.54) is 4.90 Å². The lowest BCUT2D eigenvalue weighted by atomic mass is 10.1. The largest absolute Gasteiger partial charge is 0.493 e. The van der Waals surface area contributed by atoms with Crippen molar-refractivity contribution in [3.63, 3.8) is 0 Å². The summed E-state index contributed by atoms with van der Waals surface area (Å²) in [6.07, 6.45) is 1.66. The zero-order valence-electron chi connectivity index (χ0n) is 18.6. The minimum atomic E-state index is -0.433. The topological polar surface area (TPSA) is 67.9 Å². The Balaban J connectivity index is 1.53. The van der Waals surface area contributed by atoms with Crippen molar-refractivity contribution < 1.29 is 19.1 Å². The molecule has 1 aliphatic heterocycles. The second-order valence-electron chi connectivity index (χ2n) is 7.82. The van der Waals surface area contributed by atoms with Gasteiger partial charge in [-0.1, -0.05) is 42.0 Å². The number of halogens is 2. The van der Waals surface area contributed by atoms with E-state index in [1.807, 2.05) is 61.5 Å². The molecule has 0 aromatic heterocycles. The van der Waals surface area contributed by atoms with Gasteiger partial charge >= 0.3 is 6.03 Å². The summed E-state index contributed by atoms with van der Waals surface area (Å²) in [7, 11) is 1.58. The van der Waals surface area contributed by atoms with E-state index in [4.69, 9.17) is 9.47 Å². The number of nitrogens with zero attached hydrogens (tertiary/aromatic N) is 1. The van der Waals surface area contributed by atoms with Gasteiger partial charge in [-0.3, -0.25) is 9.69 Å². The molecule has 0 saturated carbocycles. The lowest BCUT2D eigenvalue weighted by Crippen LogP contribution is -2.30. The predicted octanol–water partition coefficient (Wildman–Crippen LogP) is 5.88. The molecular weight excluding hydrogens is 658 g/mol. The summed E-state index contributed by atoms with van der Waals surface area (Å²) in [6, 6.07) is 19.1. The molecular formula is C26H22I2N2O4. The fraction of sp³-hybridized carbons (Fsp3) is 0.154. The van der Waals surface area contributed by atoms with Crippen molar-refractivity contribution in [3.8, 4) is 11.5 Å². The van der Waals surface area contributed by atoms with E-state index in [1.54, 1.807) is 19.3 Å². The van der Waals surface area contributed by atoms with Gasteiger partial charge in [0.1, 0.15) is 12.3 Å². The highest BCUT2D eigenvalue weighted by Gasteiger charge is 2.33. The molecule has 3 aromatic rings. The van der Waals surface area contributed by atoms with E-state index in [2.05, 4.69) is 50.5 Å². The molecule has 3 aromatic carbocycles. The van der Waals surface area contributed by atoms with Crippen molar-refractivity contribution in [2.24, 2.45) is 0 Å². The normalized spacial score (nSPS) is 14.5. The van der Waals surface area contributed by atoms with Gasteiger partial charge in [0.25, 0.3) is 5.91 Å². The molecule has 1 heterocycles. The summed E-state index contributed by atoms with van der Waals surface area (Å²) in [5.74, 6) is 0.823. The van der Waals surface area contributed by atoms with Crippen LogP contribution in [0.2, 0.25) is 0 Å². The Morgan fingerprint density at radius 1 is 1.00 bits per heavy atom. The van der Waals surface area contributed by atoms with Crippen LogP contribution in [0, 0.1) is 14.1 Å². The quantitative estimate of drug-likeness (QED) is 0.192. The van der Waals surface area contributed by atoms with Crippen molar-refractivity contribution in [3.05, 3.63) is 95.8 Å². The van der Waals surface area contributed by atoms with Gasteiger partial charge in [0.2, 0.25) is 0 Å². The maximum atomic E-state index is 12.9. The van der Waals surface area contributed by atoms with Crippen LogP contribution in [0.3, 0.4) is 0 Å². The van der Waals surface area contributed by atoms with Crippen LogP contribution in [0.4, 0.5) is 4.79 Å². The highest BCUT2D eigenvalue weighted by atomic mass is 127. The van der Waals surface area contributed by atoms with E-state index in [0.29, 0.717) is 18.1 Å². The lowest BCUT2D eigenvalue weighted by Gasteiger charge is -2.14. The molecule has 1 N–H and O–H groups in total. The molecule has 6 nitrogen and oxygen atoms in total. The summed E-state index contributed by atoms with van der Waals surface area (Å²) in [6.45, 7) is 2.60. The molecule has 8 heteroatoms. The SMILES string of the molecule is COc1cc(/C=C2/NC(=O)N(Cc3cccc(C)c3)C2=O)cc(I)c1OCc1ccc(I)cc1. The standard InChI is InChI=1S/C26H22I2N2O4/c1-16-4-3-5-18(10-16)14-30-25(31)22(29-26(30)32)12-19-11-21(28)24(23(13-19)33-2)34-15-17-6-8-20(27)9-7-17/h3-13H,14-15H2,1-2H3,(H,29,32)/b22-12+. The van der Waals surface area contributed by atoms with Crippen molar-refractivity contribution in [1.29, 1.82) is 0 Å². The number of methoxy groups -OCH3 is 1. The van der Waals surface area contributed by atoms with Gasteiger partial charge in [0, 0.05) is 3.57 Å². The number of aryl methyl sites for hydroxylation is 1. The highest BCUT2D eigenvalue weighted by molar-refractivity contribution is 14.1. The van der Waals surface area contributed by atoms with Crippen LogP contribution < -0.4 is 14.8 Å². The number of amides is 3. The Labute approximate surface area is 225 Å². The average Bonchev–Trinajstić information content (AvgIpc) is 3.06. The molecule has 4 rings (SSSR count). The number of hydrogen-bond donors (Lipinski definition) is 1. The van der Waals surface area contributed by atoms with Crippen molar-refractivity contribution in [2.45, 2.75) is 20.1 Å². The third-order valence-electron chi connectivity index (χ3n) is 5.24. The number of nitrogens with one attached hydrogen (secondary N) is 1. The van der Waals surface area contributed by atoms with E-state index < -0.39 is 6.03 Å². The monoisotopic (exact) mass is 680 g/mol. The van der Waals surface area contributed by atoms with Crippen LogP contribution in [-0.4, -0.2) is 23.9 Å². The average molecular weight is 680 g/mol. The summed E-state index contributed by atoms with van der Waals surface area (Å²) >= 11 is 4.45. The number of carbonyl (C=O) groups excluding carboxylic acids is 2. The Hall–Kier alpha value is -2.60. The summed E-state index contributed by atoms with van der Waals surface area (Å²) < 4.78 is 13.6. The van der Waals surface area contributed by atoms with Gasteiger partial charge in [0.05, 0.1) is 17.2 Å². The first-order valence-electron chi connectivity index (χ1n) is 10.5. The summed E-state index contributed by atoms with van der Waals surface area (Å²) in [4.78, 5) is 26.6. The molecule has 1 saturated heterocycles. The predicted molar refractivity (Wildman–Crippen MR) is 147 cm³/mol. The number of ether oxygens (including phenoxy) is 2. The molecule has 1 aliphatic rings. The summed E-state index contributed by atoms with van der Waals surface area (Å²) in [5.41, 5.74) is 3.98. The third kappa shape index (κ3) is 5.72. The van der Waals surface area contributed by atoms with E-state index in [9.17, 15) is 9.59 Å². The van der Waals surface area contributed by atoms with Gasteiger partial charge in [-0.05, 0) is 99.1 Å². The maximum Gasteiger partial charge on any atom is 0.329 e. The van der Waals surface area contributed by atoms with Crippen molar-refractivity contribution in [2.75, 3.05) is 7.11 Å². The first-order chi connectivity index (χ1) is 16.3. The molecule has 0 atom stereocenters. The lowest BCUT2D eigenvalue weighted by molar-refractivity contribution is -0.123. The zero-order valence-corrected chi connectivity index (χ0v) is 22.9. The molecule has 1 fully saturated rings. The van der Waals surface area contributed by atoms with E-state index in [0.717, 1.165) is 29.4 Å². The molecule has 0 bridgehead atoms. The van der Waals surface area contributed by atoms with Crippen molar-refractivity contribution >= 4 is 63.2 Å². The molecule has 0 unspecified atom stereocenters. The first-order valence-corrected chi connectivity index (χ1v) is 12.6. The number of urea groups is 1. The number of rotatable bonds is 7. The van der Waals surface area contributed by atoms with Crippen LogP contribution >= 0.6 is 45.2 Å². The van der Waals surface area contributed by atoms with Crippen LogP contribution in [0.5, 0.6) is 11.5 Å². The summed E-state index contributed by atoms with van der Waals surface area (Å²) in [5, 5.41) is 2.68. The molecule has 174 valence electrons. The van der Waals surface area contributed by atoms with E-state index >= 15 is 0 Å². The minimum Gasteiger partial charge on any atom is -0.493 e. The van der Waals surface area contributed by atoms with Crippen LogP contribution in [0.1, 0.15) is 22.3 Å². The minimum absolute atomic E-state index is 0.218. The third-order valence-corrected chi connectivity index (χ3v) is 6.77. The molecule has 0 spiro atoms. The Morgan fingerprint density at radius 2 is 1.76 bits per heavy atom. The van der Waals surface area contributed by atoms with Gasteiger partial charge in [-0.15, -0.1) is 0 Å². The number of hydrogen-bond acceptors (Lipinski definition) is 4. The van der Waals surface area contributed by atoms with Gasteiger partial charge in [-0.2, -0.15) is 0 Å². The van der Waals surface area contributed by atoms with Crippen molar-refractivity contribution in [1.82, 2.24) is 10.2 Å².